The third-order valence-corrected chi connectivity index (χ3v) is 9.01. The van der Waals surface area contributed by atoms with Gasteiger partial charge in [0.2, 0.25) is 0 Å². The molecule has 1 unspecified atom stereocenters. The SMILES string of the molecule is [O]=[Ti](=[O])[SH]1C=CC=NC=C1C1CCCCCC1. The summed E-state index contributed by atoms with van der Waals surface area (Å²) in [6.45, 7) is 0. The van der Waals surface area contributed by atoms with E-state index < -0.39 is 25.0 Å². The van der Waals surface area contributed by atoms with Crippen LogP contribution in [0, 0.1) is 5.92 Å². The first kappa shape index (κ1) is 13.3. The van der Waals surface area contributed by atoms with Crippen molar-refractivity contribution in [3.05, 3.63) is 22.6 Å². The number of thiol groups is 1. The van der Waals surface area contributed by atoms with Crippen LogP contribution in [0.3, 0.4) is 0 Å². The third-order valence-electron chi connectivity index (χ3n) is 3.36. The molecule has 1 aliphatic heterocycles. The Morgan fingerprint density at radius 3 is 2.53 bits per heavy atom. The molecule has 0 N–H and O–H groups in total. The molecule has 0 saturated heterocycles. The first-order valence-electron chi connectivity index (χ1n) is 6.19. The van der Waals surface area contributed by atoms with Crippen molar-refractivity contribution >= 4 is 14.7 Å². The van der Waals surface area contributed by atoms with Crippen LogP contribution in [0.1, 0.15) is 38.5 Å². The van der Waals surface area contributed by atoms with Gasteiger partial charge in [0.15, 0.2) is 0 Å². The summed E-state index contributed by atoms with van der Waals surface area (Å²) >= 11 is -3.36. The fourth-order valence-electron chi connectivity index (χ4n) is 2.49. The van der Waals surface area contributed by atoms with Crippen LogP contribution >= 0.6 is 8.48 Å². The quantitative estimate of drug-likeness (QED) is 0.479. The molecule has 93 valence electrons. The zero-order chi connectivity index (χ0) is 12.1. The minimum atomic E-state index is -3.36. The van der Waals surface area contributed by atoms with Crippen LogP contribution < -0.4 is 0 Å². The Labute approximate surface area is 110 Å². The van der Waals surface area contributed by atoms with Crippen LogP contribution in [0.5, 0.6) is 0 Å². The van der Waals surface area contributed by atoms with Crippen molar-refractivity contribution in [2.75, 3.05) is 0 Å². The van der Waals surface area contributed by atoms with E-state index in [1.807, 2.05) is 11.6 Å². The van der Waals surface area contributed by atoms with Crippen molar-refractivity contribution in [1.82, 2.24) is 0 Å². The molecule has 0 bridgehead atoms. The zero-order valence-electron chi connectivity index (χ0n) is 9.84. The molecule has 2 rings (SSSR count). The average molecular weight is 288 g/mol. The van der Waals surface area contributed by atoms with Gasteiger partial charge in [0, 0.05) is 0 Å². The van der Waals surface area contributed by atoms with Gasteiger partial charge in [0.1, 0.15) is 0 Å². The molecule has 0 aromatic carbocycles. The molecule has 0 aromatic rings. The Bertz CT molecular complexity index is 410. The summed E-state index contributed by atoms with van der Waals surface area (Å²) in [5.41, 5.74) is 0. The van der Waals surface area contributed by atoms with Crippen LogP contribution in [0.2, 0.25) is 0 Å². The Morgan fingerprint density at radius 2 is 1.88 bits per heavy atom. The van der Waals surface area contributed by atoms with Crippen molar-refractivity contribution in [2.45, 2.75) is 38.5 Å². The number of allylic oxidation sites excluding steroid dienone is 2. The van der Waals surface area contributed by atoms with Gasteiger partial charge in [0.25, 0.3) is 0 Å². The summed E-state index contributed by atoms with van der Waals surface area (Å²) in [6.07, 6.45) is 12.6. The summed E-state index contributed by atoms with van der Waals surface area (Å²) < 4.78 is 22.9. The van der Waals surface area contributed by atoms with Crippen molar-refractivity contribution in [1.29, 1.82) is 0 Å². The molecule has 3 nitrogen and oxygen atoms in total. The van der Waals surface area contributed by atoms with Crippen molar-refractivity contribution in [3.8, 4) is 0 Å². The molecule has 17 heavy (non-hydrogen) atoms. The number of hydrogen-bond acceptors (Lipinski definition) is 3. The van der Waals surface area contributed by atoms with E-state index in [1.165, 1.54) is 25.7 Å². The average Bonchev–Trinajstić information content (AvgIpc) is 2.71. The predicted molar refractivity (Wildman–Crippen MR) is 67.3 cm³/mol. The molecule has 0 aromatic heterocycles. The number of aliphatic imine (C=N–C) groups is 1. The predicted octanol–water partition coefficient (Wildman–Crippen LogP) is 3.62. The summed E-state index contributed by atoms with van der Waals surface area (Å²) in [7, 11) is -1.04. The molecule has 1 fully saturated rings. The summed E-state index contributed by atoms with van der Waals surface area (Å²) in [4.78, 5) is 5.29. The second kappa shape index (κ2) is 6.67. The fourth-order valence-corrected chi connectivity index (χ4v) is 7.17. The molecule has 1 aliphatic carbocycles. The van der Waals surface area contributed by atoms with Gasteiger partial charge in [-0.15, -0.1) is 0 Å². The fraction of sp³-hybridized carbons (Fsp3) is 0.583. The Morgan fingerprint density at radius 1 is 1.18 bits per heavy atom. The second-order valence-electron chi connectivity index (χ2n) is 4.52. The van der Waals surface area contributed by atoms with Gasteiger partial charge in [-0.25, -0.2) is 0 Å². The van der Waals surface area contributed by atoms with Gasteiger partial charge in [-0.2, -0.15) is 0 Å². The number of rotatable bonds is 2. The van der Waals surface area contributed by atoms with E-state index in [0.717, 1.165) is 17.7 Å². The standard InChI is InChI=1S/C12H17NS.2O.Ti/c1-2-4-7-11(6-3-1)12-10-13-8-5-9-14-12;;;/h5,8-11H,1-4,6-7H2;;;/q;;;-1/p+1. The van der Waals surface area contributed by atoms with Crippen LogP contribution in [0.4, 0.5) is 0 Å². The Balaban J connectivity index is 2.22. The van der Waals surface area contributed by atoms with Gasteiger partial charge in [-0.3, -0.25) is 0 Å². The van der Waals surface area contributed by atoms with Crippen molar-refractivity contribution in [3.63, 3.8) is 0 Å². The van der Waals surface area contributed by atoms with Crippen molar-refractivity contribution in [2.24, 2.45) is 10.9 Å². The number of hydrogen-bond donors (Lipinski definition) is 1. The Kier molecular flexibility index (Phi) is 5.20. The molecule has 0 spiro atoms. The van der Waals surface area contributed by atoms with Crippen LogP contribution in [-0.2, 0) is 23.2 Å². The van der Waals surface area contributed by atoms with Crippen LogP contribution in [-0.4, -0.2) is 6.21 Å². The Hall–Kier alpha value is -0.186. The zero-order valence-corrected chi connectivity index (χ0v) is 12.3. The normalized spacial score (nSPS) is 28.2. The summed E-state index contributed by atoms with van der Waals surface area (Å²) in [5, 5.41) is 1.86. The maximum absolute atomic E-state index is 11.5. The van der Waals surface area contributed by atoms with E-state index >= 15 is 0 Å². The van der Waals surface area contributed by atoms with E-state index in [4.69, 9.17) is 0 Å². The molecular weight excluding hydrogens is 270 g/mol. The molecule has 1 atom stereocenters. The van der Waals surface area contributed by atoms with Crippen molar-refractivity contribution < 1.29 is 23.2 Å². The van der Waals surface area contributed by atoms with E-state index in [1.54, 1.807) is 12.3 Å². The second-order valence-corrected chi connectivity index (χ2v) is 10.7. The van der Waals surface area contributed by atoms with E-state index in [0.29, 0.717) is 5.92 Å². The monoisotopic (exact) mass is 288 g/mol. The molecule has 5 heteroatoms. The van der Waals surface area contributed by atoms with Crippen LogP contribution in [0.25, 0.3) is 0 Å². The van der Waals surface area contributed by atoms with Gasteiger partial charge in [-0.1, -0.05) is 0 Å². The molecule has 1 saturated carbocycles. The first-order chi connectivity index (χ1) is 8.29. The van der Waals surface area contributed by atoms with E-state index in [9.17, 15) is 6.65 Å². The summed E-state index contributed by atoms with van der Waals surface area (Å²) in [5.74, 6) is 0.453. The minimum absolute atomic E-state index is 0.453. The molecule has 0 amide bonds. The van der Waals surface area contributed by atoms with E-state index in [2.05, 4.69) is 4.99 Å². The molecule has 1 heterocycles. The summed E-state index contributed by atoms with van der Waals surface area (Å²) in [6, 6.07) is 0. The first-order valence-corrected chi connectivity index (χ1v) is 11.0. The van der Waals surface area contributed by atoms with Gasteiger partial charge >= 0.3 is 110 Å². The van der Waals surface area contributed by atoms with Gasteiger partial charge < -0.3 is 0 Å². The van der Waals surface area contributed by atoms with E-state index in [-0.39, 0.29) is 0 Å². The maximum atomic E-state index is 11.5. The topological polar surface area (TPSA) is 46.5 Å². The van der Waals surface area contributed by atoms with Gasteiger partial charge in [-0.05, 0) is 0 Å². The van der Waals surface area contributed by atoms with Gasteiger partial charge in [0.05, 0.1) is 0 Å². The van der Waals surface area contributed by atoms with Crippen LogP contribution in [0.15, 0.2) is 27.6 Å². The molecular formula is C12H18NO2STi. The third kappa shape index (κ3) is 3.63. The molecule has 2 aliphatic rings. The molecule has 0 radical (unpaired) electrons. The number of nitrogens with zero attached hydrogens (tertiary/aromatic N) is 1.